The van der Waals surface area contributed by atoms with Crippen molar-refractivity contribution in [1.29, 1.82) is 0 Å². The van der Waals surface area contributed by atoms with E-state index >= 15 is 0 Å². The summed E-state index contributed by atoms with van der Waals surface area (Å²) in [5, 5.41) is 2.66. The molecule has 0 spiro atoms. The van der Waals surface area contributed by atoms with E-state index < -0.39 is 23.8 Å². The number of ether oxygens (including phenoxy) is 2. The molecule has 6 heteroatoms. The maximum atomic E-state index is 13.1. The van der Waals surface area contributed by atoms with E-state index in [1.54, 1.807) is 36.4 Å². The van der Waals surface area contributed by atoms with Gasteiger partial charge in [0.25, 0.3) is 5.91 Å². The number of hydrogen-bond donors (Lipinski definition) is 1. The Morgan fingerprint density at radius 1 is 1.00 bits per heavy atom. The van der Waals surface area contributed by atoms with Gasteiger partial charge in [0.15, 0.2) is 0 Å². The van der Waals surface area contributed by atoms with Gasteiger partial charge in [0, 0.05) is 16.8 Å². The predicted molar refractivity (Wildman–Crippen MR) is 112 cm³/mol. The summed E-state index contributed by atoms with van der Waals surface area (Å²) in [5.41, 5.74) is 2.58. The Hall–Kier alpha value is -3.67. The highest BCUT2D eigenvalue weighted by Crippen LogP contribution is 2.24. The number of benzene rings is 3. The van der Waals surface area contributed by atoms with E-state index in [4.69, 9.17) is 9.47 Å². The van der Waals surface area contributed by atoms with Crippen LogP contribution in [-0.4, -0.2) is 19.0 Å². The lowest BCUT2D eigenvalue weighted by molar-refractivity contribution is -0.154. The quantitative estimate of drug-likeness (QED) is 0.581. The van der Waals surface area contributed by atoms with E-state index in [1.807, 2.05) is 19.1 Å². The molecule has 0 aromatic heterocycles. The number of esters is 1. The molecule has 0 radical (unpaired) electrons. The van der Waals surface area contributed by atoms with Crippen LogP contribution in [-0.2, 0) is 20.7 Å². The monoisotopic (exact) mass is 407 g/mol. The fourth-order valence-corrected chi connectivity index (χ4v) is 3.02. The van der Waals surface area contributed by atoms with Crippen LogP contribution in [0.5, 0.6) is 5.75 Å². The Balaban J connectivity index is 1.79. The molecule has 3 aromatic rings. The SMILES string of the molecule is COc1ccc(C)cc1CC(=O)O[C@H](C(=O)Nc1ccc(F)cc1)c1ccccc1. The molecule has 0 heterocycles. The molecular formula is C24H22FNO4. The fraction of sp³-hybridized carbons (Fsp3) is 0.167. The lowest BCUT2D eigenvalue weighted by Gasteiger charge is -2.18. The maximum Gasteiger partial charge on any atom is 0.311 e. The van der Waals surface area contributed by atoms with Gasteiger partial charge >= 0.3 is 5.97 Å². The van der Waals surface area contributed by atoms with E-state index in [0.717, 1.165) is 5.56 Å². The minimum Gasteiger partial charge on any atom is -0.496 e. The van der Waals surface area contributed by atoms with Crippen LogP contribution in [0.4, 0.5) is 10.1 Å². The number of rotatable bonds is 7. The molecule has 0 aliphatic carbocycles. The molecular weight excluding hydrogens is 385 g/mol. The van der Waals surface area contributed by atoms with Crippen molar-refractivity contribution in [2.24, 2.45) is 0 Å². The number of carbonyl (C=O) groups excluding carboxylic acids is 2. The molecule has 154 valence electrons. The second kappa shape index (κ2) is 9.69. The Bertz CT molecular complexity index is 1020. The standard InChI is InChI=1S/C24H22FNO4/c1-16-8-13-21(29-2)18(14-16)15-22(27)30-23(17-6-4-3-5-7-17)24(28)26-20-11-9-19(25)10-12-20/h3-14,23H,15H2,1-2H3,(H,26,28)/t23-/m0/s1. The molecule has 0 saturated carbocycles. The van der Waals surface area contributed by atoms with Crippen molar-refractivity contribution in [3.05, 3.63) is 95.3 Å². The van der Waals surface area contributed by atoms with Gasteiger partial charge in [0.2, 0.25) is 6.10 Å². The molecule has 0 unspecified atom stereocenters. The van der Waals surface area contributed by atoms with E-state index in [0.29, 0.717) is 22.6 Å². The zero-order valence-electron chi connectivity index (χ0n) is 16.7. The van der Waals surface area contributed by atoms with Gasteiger partial charge in [-0.1, -0.05) is 48.0 Å². The molecule has 1 atom stereocenters. The number of anilines is 1. The number of carbonyl (C=O) groups is 2. The topological polar surface area (TPSA) is 64.6 Å². The summed E-state index contributed by atoms with van der Waals surface area (Å²) in [4.78, 5) is 25.5. The molecule has 1 N–H and O–H groups in total. The minimum absolute atomic E-state index is 0.0436. The molecule has 0 bridgehead atoms. The number of halogens is 1. The van der Waals surface area contributed by atoms with Crippen molar-refractivity contribution < 1.29 is 23.5 Å². The normalized spacial score (nSPS) is 11.4. The van der Waals surface area contributed by atoms with Crippen molar-refractivity contribution in [3.8, 4) is 5.75 Å². The second-order valence-corrected chi connectivity index (χ2v) is 6.77. The van der Waals surface area contributed by atoms with Crippen LogP contribution in [0, 0.1) is 12.7 Å². The summed E-state index contributed by atoms with van der Waals surface area (Å²) in [6, 6.07) is 19.6. The number of aryl methyl sites for hydroxylation is 1. The summed E-state index contributed by atoms with van der Waals surface area (Å²) >= 11 is 0. The molecule has 0 aliphatic heterocycles. The van der Waals surface area contributed by atoms with Crippen LogP contribution in [0.3, 0.4) is 0 Å². The third-order valence-electron chi connectivity index (χ3n) is 4.47. The van der Waals surface area contributed by atoms with Gasteiger partial charge in [-0.25, -0.2) is 4.39 Å². The van der Waals surface area contributed by atoms with Crippen molar-refractivity contribution >= 4 is 17.6 Å². The molecule has 0 saturated heterocycles. The Kier molecular flexibility index (Phi) is 6.80. The highest BCUT2D eigenvalue weighted by Gasteiger charge is 2.25. The smallest absolute Gasteiger partial charge is 0.311 e. The third-order valence-corrected chi connectivity index (χ3v) is 4.47. The zero-order valence-corrected chi connectivity index (χ0v) is 16.7. The highest BCUT2D eigenvalue weighted by molar-refractivity contribution is 5.96. The largest absolute Gasteiger partial charge is 0.496 e. The van der Waals surface area contributed by atoms with Crippen LogP contribution in [0.2, 0.25) is 0 Å². The van der Waals surface area contributed by atoms with Gasteiger partial charge in [0.05, 0.1) is 13.5 Å². The van der Waals surface area contributed by atoms with E-state index in [2.05, 4.69) is 5.32 Å². The van der Waals surface area contributed by atoms with E-state index in [9.17, 15) is 14.0 Å². The van der Waals surface area contributed by atoms with Crippen LogP contribution in [0.1, 0.15) is 22.8 Å². The van der Waals surface area contributed by atoms with Crippen LogP contribution in [0.15, 0.2) is 72.8 Å². The van der Waals surface area contributed by atoms with Crippen molar-refractivity contribution in [2.75, 3.05) is 12.4 Å². The van der Waals surface area contributed by atoms with Crippen molar-refractivity contribution in [2.45, 2.75) is 19.4 Å². The number of methoxy groups -OCH3 is 1. The first-order valence-electron chi connectivity index (χ1n) is 9.40. The lowest BCUT2D eigenvalue weighted by atomic mass is 10.1. The van der Waals surface area contributed by atoms with Gasteiger partial charge in [-0.15, -0.1) is 0 Å². The molecule has 3 aromatic carbocycles. The second-order valence-electron chi connectivity index (χ2n) is 6.77. The molecule has 0 aliphatic rings. The first-order chi connectivity index (χ1) is 14.5. The number of hydrogen-bond acceptors (Lipinski definition) is 4. The van der Waals surface area contributed by atoms with Crippen LogP contribution < -0.4 is 10.1 Å². The van der Waals surface area contributed by atoms with E-state index in [1.165, 1.54) is 31.4 Å². The van der Waals surface area contributed by atoms with Gasteiger partial charge in [0.1, 0.15) is 11.6 Å². The molecule has 1 amide bonds. The average Bonchev–Trinajstić information content (AvgIpc) is 2.74. The first-order valence-corrected chi connectivity index (χ1v) is 9.40. The summed E-state index contributed by atoms with van der Waals surface area (Å²) in [5.74, 6) is -0.935. The predicted octanol–water partition coefficient (Wildman–Crippen LogP) is 4.61. The number of nitrogens with one attached hydrogen (secondary N) is 1. The van der Waals surface area contributed by atoms with E-state index in [-0.39, 0.29) is 6.42 Å². The first kappa shape index (κ1) is 21.0. The summed E-state index contributed by atoms with van der Waals surface area (Å²) in [6.07, 6.45) is -1.20. The van der Waals surface area contributed by atoms with Gasteiger partial charge in [-0.2, -0.15) is 0 Å². The van der Waals surface area contributed by atoms with Gasteiger partial charge < -0.3 is 14.8 Å². The van der Waals surface area contributed by atoms with Crippen LogP contribution in [0.25, 0.3) is 0 Å². The highest BCUT2D eigenvalue weighted by atomic mass is 19.1. The Morgan fingerprint density at radius 3 is 2.37 bits per heavy atom. The molecule has 3 rings (SSSR count). The Labute approximate surface area is 174 Å². The summed E-state index contributed by atoms with van der Waals surface area (Å²) < 4.78 is 24.0. The third kappa shape index (κ3) is 5.44. The maximum absolute atomic E-state index is 13.1. The average molecular weight is 407 g/mol. The summed E-state index contributed by atoms with van der Waals surface area (Å²) in [7, 11) is 1.53. The molecule has 30 heavy (non-hydrogen) atoms. The zero-order chi connectivity index (χ0) is 21.5. The van der Waals surface area contributed by atoms with Gasteiger partial charge in [-0.05, 0) is 37.3 Å². The minimum atomic E-state index is -1.15. The Morgan fingerprint density at radius 2 is 1.70 bits per heavy atom. The van der Waals surface area contributed by atoms with Crippen molar-refractivity contribution in [3.63, 3.8) is 0 Å². The fourth-order valence-electron chi connectivity index (χ4n) is 3.02. The van der Waals surface area contributed by atoms with Crippen molar-refractivity contribution in [1.82, 2.24) is 0 Å². The molecule has 5 nitrogen and oxygen atoms in total. The lowest BCUT2D eigenvalue weighted by Crippen LogP contribution is -2.26. The summed E-state index contributed by atoms with van der Waals surface area (Å²) in [6.45, 7) is 1.91. The van der Waals surface area contributed by atoms with Gasteiger partial charge in [-0.3, -0.25) is 9.59 Å². The number of amides is 1. The molecule has 0 fully saturated rings. The van der Waals surface area contributed by atoms with Crippen LogP contribution >= 0.6 is 0 Å².